The van der Waals surface area contributed by atoms with Crippen molar-refractivity contribution >= 4 is 10.9 Å². The first kappa shape index (κ1) is 22.1. The number of ether oxygens (including phenoxy) is 1. The average Bonchev–Trinajstić information content (AvgIpc) is 2.76. The lowest BCUT2D eigenvalue weighted by molar-refractivity contribution is 0.172. The van der Waals surface area contributed by atoms with E-state index in [2.05, 4.69) is 14.9 Å². The fourth-order valence-electron chi connectivity index (χ4n) is 4.02. The van der Waals surface area contributed by atoms with Gasteiger partial charge in [0.2, 0.25) is 0 Å². The van der Waals surface area contributed by atoms with Gasteiger partial charge in [-0.15, -0.1) is 0 Å². The van der Waals surface area contributed by atoms with Crippen LogP contribution in [0.4, 0.5) is 13.2 Å². The predicted octanol–water partition coefficient (Wildman–Crippen LogP) is 4.56. The Labute approximate surface area is 193 Å². The van der Waals surface area contributed by atoms with E-state index >= 15 is 0 Å². The van der Waals surface area contributed by atoms with Crippen molar-refractivity contribution in [3.05, 3.63) is 93.4 Å². The molecule has 0 bridgehead atoms. The van der Waals surface area contributed by atoms with Crippen molar-refractivity contribution in [1.29, 1.82) is 0 Å². The third-order valence-corrected chi connectivity index (χ3v) is 5.97. The molecule has 1 aliphatic rings. The maximum absolute atomic E-state index is 14.6. The highest BCUT2D eigenvalue weighted by Crippen LogP contribution is 2.26. The van der Waals surface area contributed by atoms with Gasteiger partial charge in [0.25, 0.3) is 11.4 Å². The van der Waals surface area contributed by atoms with Crippen molar-refractivity contribution in [1.82, 2.24) is 19.4 Å². The van der Waals surface area contributed by atoms with Gasteiger partial charge < -0.3 is 9.30 Å². The standard InChI is InChI=1S/C25H21F3N4O2/c1-15-7-17(26)9-21(27)20(15)13-32-14-30-24(33)19-10-18(3-4-23(19)32)34-25-22(28)8-16(11-29-25)12-31-5-2-6-31/h3-4,7-11,14H,2,5-6,12-13H2,1H3. The highest BCUT2D eigenvalue weighted by atomic mass is 19.1. The van der Waals surface area contributed by atoms with Gasteiger partial charge >= 0.3 is 0 Å². The molecule has 4 aromatic rings. The van der Waals surface area contributed by atoms with Gasteiger partial charge in [-0.1, -0.05) is 0 Å². The molecule has 0 aliphatic carbocycles. The molecule has 0 amide bonds. The molecule has 1 aliphatic heterocycles. The molecule has 5 rings (SSSR count). The van der Waals surface area contributed by atoms with Gasteiger partial charge in [-0.25, -0.2) is 18.2 Å². The zero-order valence-corrected chi connectivity index (χ0v) is 18.4. The van der Waals surface area contributed by atoms with E-state index in [1.54, 1.807) is 29.8 Å². The van der Waals surface area contributed by atoms with Crippen LogP contribution in [0.2, 0.25) is 0 Å². The SMILES string of the molecule is Cc1cc(F)cc(F)c1Cn1cnc(=O)c2cc(Oc3ncc(CN4CCC4)cc3F)ccc21. The van der Waals surface area contributed by atoms with Gasteiger partial charge in [0.05, 0.1) is 23.8 Å². The van der Waals surface area contributed by atoms with Gasteiger partial charge in [-0.05, 0) is 67.9 Å². The summed E-state index contributed by atoms with van der Waals surface area (Å²) in [5.41, 5.74) is 1.47. The zero-order valence-electron chi connectivity index (χ0n) is 18.4. The second-order valence-electron chi connectivity index (χ2n) is 8.40. The number of halogens is 3. The summed E-state index contributed by atoms with van der Waals surface area (Å²) < 4.78 is 49.6. The molecule has 0 spiro atoms. The molecule has 9 heteroatoms. The van der Waals surface area contributed by atoms with Crippen molar-refractivity contribution < 1.29 is 17.9 Å². The first-order valence-electron chi connectivity index (χ1n) is 10.9. The summed E-state index contributed by atoms with van der Waals surface area (Å²) >= 11 is 0. The molecule has 6 nitrogen and oxygen atoms in total. The average molecular weight is 466 g/mol. The Morgan fingerprint density at radius 3 is 2.53 bits per heavy atom. The van der Waals surface area contributed by atoms with Crippen LogP contribution in [0.15, 0.2) is 53.7 Å². The number of hydrogen-bond acceptors (Lipinski definition) is 5. The van der Waals surface area contributed by atoms with Gasteiger partial charge in [-0.2, -0.15) is 4.98 Å². The number of nitrogens with zero attached hydrogens (tertiary/aromatic N) is 4. The van der Waals surface area contributed by atoms with Crippen molar-refractivity contribution in [2.45, 2.75) is 26.4 Å². The number of aryl methyl sites for hydroxylation is 1. The Balaban J connectivity index is 1.43. The molecular formula is C25H21F3N4O2. The normalized spacial score (nSPS) is 13.8. The van der Waals surface area contributed by atoms with Crippen molar-refractivity contribution in [2.75, 3.05) is 13.1 Å². The van der Waals surface area contributed by atoms with Gasteiger partial charge in [0.15, 0.2) is 5.82 Å². The van der Waals surface area contributed by atoms with E-state index in [0.29, 0.717) is 17.6 Å². The number of fused-ring (bicyclic) bond motifs is 1. The zero-order chi connectivity index (χ0) is 23.8. The van der Waals surface area contributed by atoms with E-state index in [1.807, 2.05) is 0 Å². The molecule has 0 N–H and O–H groups in total. The molecular weight excluding hydrogens is 445 g/mol. The molecule has 34 heavy (non-hydrogen) atoms. The Hall–Kier alpha value is -3.72. The molecule has 174 valence electrons. The highest BCUT2D eigenvalue weighted by Gasteiger charge is 2.16. The summed E-state index contributed by atoms with van der Waals surface area (Å²) in [5, 5.41) is 0.218. The molecule has 0 saturated carbocycles. The van der Waals surface area contributed by atoms with Crippen LogP contribution >= 0.6 is 0 Å². The molecule has 0 radical (unpaired) electrons. The third-order valence-electron chi connectivity index (χ3n) is 5.97. The van der Waals surface area contributed by atoms with E-state index in [4.69, 9.17) is 4.74 Å². The quantitative estimate of drug-likeness (QED) is 0.417. The molecule has 1 fully saturated rings. The van der Waals surface area contributed by atoms with Crippen molar-refractivity contribution in [2.24, 2.45) is 0 Å². The van der Waals surface area contributed by atoms with E-state index < -0.39 is 23.0 Å². The number of benzene rings is 2. The molecule has 2 aromatic heterocycles. The van der Waals surface area contributed by atoms with Crippen molar-refractivity contribution in [3.8, 4) is 11.6 Å². The number of aromatic nitrogens is 3. The van der Waals surface area contributed by atoms with Gasteiger partial charge in [-0.3, -0.25) is 9.69 Å². The minimum Gasteiger partial charge on any atom is -0.436 e. The van der Waals surface area contributed by atoms with Crippen molar-refractivity contribution in [3.63, 3.8) is 0 Å². The summed E-state index contributed by atoms with van der Waals surface area (Å²) in [6, 6.07) is 8.10. The molecule has 3 heterocycles. The minimum atomic E-state index is -0.677. The summed E-state index contributed by atoms with van der Waals surface area (Å²) in [6.07, 6.45) is 4.03. The summed E-state index contributed by atoms with van der Waals surface area (Å²) in [5.74, 6) is -1.90. The van der Waals surface area contributed by atoms with Crippen LogP contribution in [0.5, 0.6) is 11.6 Å². The minimum absolute atomic E-state index is 0.0522. The molecule has 1 saturated heterocycles. The number of pyridine rings is 1. The topological polar surface area (TPSA) is 60.3 Å². The number of likely N-dealkylation sites (tertiary alicyclic amines) is 1. The largest absolute Gasteiger partial charge is 0.436 e. The fraction of sp³-hybridized carbons (Fsp3) is 0.240. The monoisotopic (exact) mass is 466 g/mol. The Bertz CT molecular complexity index is 1430. The second kappa shape index (κ2) is 8.90. The summed E-state index contributed by atoms with van der Waals surface area (Å²) in [7, 11) is 0. The van der Waals surface area contributed by atoms with E-state index in [0.717, 1.165) is 31.1 Å². The lowest BCUT2D eigenvalue weighted by Crippen LogP contribution is -2.36. The van der Waals surface area contributed by atoms with Gasteiger partial charge in [0.1, 0.15) is 17.4 Å². The maximum atomic E-state index is 14.6. The van der Waals surface area contributed by atoms with E-state index in [9.17, 15) is 18.0 Å². The Kier molecular flexibility index (Phi) is 5.79. The lowest BCUT2D eigenvalue weighted by Gasteiger charge is -2.30. The van der Waals surface area contributed by atoms with E-state index in [1.165, 1.54) is 24.5 Å². The van der Waals surface area contributed by atoms with Crippen LogP contribution < -0.4 is 10.3 Å². The van der Waals surface area contributed by atoms with Gasteiger partial charge in [0, 0.05) is 24.4 Å². The van der Waals surface area contributed by atoms with Crippen LogP contribution in [-0.2, 0) is 13.1 Å². The first-order valence-corrected chi connectivity index (χ1v) is 10.9. The molecule has 0 unspecified atom stereocenters. The van der Waals surface area contributed by atoms with Crippen LogP contribution in [0.1, 0.15) is 23.1 Å². The third kappa shape index (κ3) is 4.38. The smallest absolute Gasteiger partial charge is 0.280 e. The van der Waals surface area contributed by atoms with Crippen LogP contribution in [0.3, 0.4) is 0 Å². The van der Waals surface area contributed by atoms with Crippen LogP contribution in [0.25, 0.3) is 10.9 Å². The maximum Gasteiger partial charge on any atom is 0.280 e. The number of hydrogen-bond donors (Lipinski definition) is 0. The fourth-order valence-corrected chi connectivity index (χ4v) is 4.02. The summed E-state index contributed by atoms with van der Waals surface area (Å²) in [6.45, 7) is 4.30. The van der Waals surface area contributed by atoms with Crippen LogP contribution in [-0.4, -0.2) is 32.5 Å². The number of rotatable bonds is 6. The predicted molar refractivity (Wildman–Crippen MR) is 120 cm³/mol. The second-order valence-corrected chi connectivity index (χ2v) is 8.40. The lowest BCUT2D eigenvalue weighted by atomic mass is 10.1. The Morgan fingerprint density at radius 1 is 1.00 bits per heavy atom. The highest BCUT2D eigenvalue weighted by molar-refractivity contribution is 5.79. The summed E-state index contributed by atoms with van der Waals surface area (Å²) in [4.78, 5) is 22.6. The first-order chi connectivity index (χ1) is 16.4. The Morgan fingerprint density at radius 2 is 1.82 bits per heavy atom. The molecule has 0 atom stereocenters. The van der Waals surface area contributed by atoms with Crippen LogP contribution in [0, 0.1) is 24.4 Å². The molecule has 2 aromatic carbocycles. The van der Waals surface area contributed by atoms with E-state index in [-0.39, 0.29) is 29.1 Å².